The molecular formula is C22H28N4O4. The molecule has 30 heavy (non-hydrogen) atoms. The zero-order chi connectivity index (χ0) is 21.9. The van der Waals surface area contributed by atoms with Crippen LogP contribution in [0.4, 0.5) is 11.5 Å². The van der Waals surface area contributed by atoms with Crippen LogP contribution in [0.5, 0.6) is 5.75 Å². The molecule has 8 nitrogen and oxygen atoms in total. The molecule has 0 radical (unpaired) electrons. The smallest absolute Gasteiger partial charge is 0.287 e. The van der Waals surface area contributed by atoms with Crippen LogP contribution in [0, 0.1) is 10.1 Å². The molecule has 2 aromatic rings. The van der Waals surface area contributed by atoms with Gasteiger partial charge in [-0.25, -0.2) is 4.98 Å². The van der Waals surface area contributed by atoms with Crippen LogP contribution < -0.4 is 9.64 Å². The van der Waals surface area contributed by atoms with E-state index < -0.39 is 11.0 Å². The lowest BCUT2D eigenvalue weighted by Gasteiger charge is -2.36. The first-order valence-corrected chi connectivity index (χ1v) is 10.1. The minimum atomic E-state index is -0.575. The topological polar surface area (TPSA) is 88.8 Å². The first-order chi connectivity index (χ1) is 14.1. The van der Waals surface area contributed by atoms with Crippen LogP contribution in [0.3, 0.4) is 0 Å². The molecule has 1 aliphatic rings. The molecule has 2 heterocycles. The van der Waals surface area contributed by atoms with Gasteiger partial charge in [-0.05, 0) is 36.1 Å². The van der Waals surface area contributed by atoms with Crippen molar-refractivity contribution >= 4 is 17.4 Å². The SMILES string of the molecule is CC(Oc1ccc(C(C)(C)C)cc1)C(=O)N1CCN(c2ccc([N+](=O)[O-])cn2)CC1. The first-order valence-electron chi connectivity index (χ1n) is 10.1. The maximum atomic E-state index is 12.8. The van der Waals surface area contributed by atoms with Crippen molar-refractivity contribution in [2.24, 2.45) is 0 Å². The number of hydrogen-bond donors (Lipinski definition) is 0. The zero-order valence-electron chi connectivity index (χ0n) is 17.9. The van der Waals surface area contributed by atoms with Crippen molar-refractivity contribution in [3.05, 3.63) is 58.3 Å². The van der Waals surface area contributed by atoms with Crippen molar-refractivity contribution in [1.29, 1.82) is 0 Å². The average molecular weight is 412 g/mol. The highest BCUT2D eigenvalue weighted by atomic mass is 16.6. The molecule has 1 atom stereocenters. The van der Waals surface area contributed by atoms with Crippen molar-refractivity contribution in [1.82, 2.24) is 9.88 Å². The van der Waals surface area contributed by atoms with Crippen LogP contribution in [0.15, 0.2) is 42.6 Å². The number of aromatic nitrogens is 1. The summed E-state index contributed by atoms with van der Waals surface area (Å²) in [5.74, 6) is 1.31. The fraction of sp³-hybridized carbons (Fsp3) is 0.455. The third-order valence-corrected chi connectivity index (χ3v) is 5.24. The quantitative estimate of drug-likeness (QED) is 0.552. The number of pyridine rings is 1. The molecule has 1 aromatic heterocycles. The maximum Gasteiger partial charge on any atom is 0.287 e. The Hall–Kier alpha value is -3.16. The summed E-state index contributed by atoms with van der Waals surface area (Å²) in [5.41, 5.74) is 1.25. The molecule has 1 aromatic carbocycles. The number of benzene rings is 1. The number of nitrogens with zero attached hydrogens (tertiary/aromatic N) is 4. The molecule has 1 amide bonds. The second kappa shape index (κ2) is 8.69. The summed E-state index contributed by atoms with van der Waals surface area (Å²) in [4.78, 5) is 31.0. The molecule has 0 saturated carbocycles. The largest absolute Gasteiger partial charge is 0.481 e. The standard InChI is InChI=1S/C22H28N4O4/c1-16(30-19-8-5-17(6-9-19)22(2,3)4)21(27)25-13-11-24(12-14-25)20-10-7-18(15-23-20)26(28)29/h5-10,15-16H,11-14H2,1-4H3. The summed E-state index contributed by atoms with van der Waals surface area (Å²) in [6.07, 6.45) is 0.683. The Morgan fingerprint density at radius 2 is 1.73 bits per heavy atom. The predicted octanol–water partition coefficient (Wildman–Crippen LogP) is 3.40. The molecule has 1 saturated heterocycles. The van der Waals surface area contributed by atoms with Crippen LogP contribution in [0.25, 0.3) is 0 Å². The van der Waals surface area contributed by atoms with Crippen molar-refractivity contribution in [2.75, 3.05) is 31.1 Å². The Kier molecular flexibility index (Phi) is 6.24. The zero-order valence-corrected chi connectivity index (χ0v) is 17.9. The third-order valence-electron chi connectivity index (χ3n) is 5.24. The second-order valence-electron chi connectivity index (χ2n) is 8.48. The number of rotatable bonds is 5. The Labute approximate surface area is 176 Å². The lowest BCUT2D eigenvalue weighted by molar-refractivity contribution is -0.385. The van der Waals surface area contributed by atoms with Crippen LogP contribution in [-0.4, -0.2) is 53.0 Å². The van der Waals surface area contributed by atoms with Crippen molar-refractivity contribution in [3.63, 3.8) is 0 Å². The van der Waals surface area contributed by atoms with Crippen molar-refractivity contribution in [2.45, 2.75) is 39.2 Å². The highest BCUT2D eigenvalue weighted by molar-refractivity contribution is 5.81. The molecule has 160 valence electrons. The molecule has 0 N–H and O–H groups in total. The predicted molar refractivity (Wildman–Crippen MR) is 115 cm³/mol. The van der Waals surface area contributed by atoms with Gasteiger partial charge in [0.1, 0.15) is 17.8 Å². The first kappa shape index (κ1) is 21.5. The van der Waals surface area contributed by atoms with E-state index in [9.17, 15) is 14.9 Å². The molecule has 8 heteroatoms. The van der Waals surface area contributed by atoms with Gasteiger partial charge in [-0.1, -0.05) is 32.9 Å². The van der Waals surface area contributed by atoms with Gasteiger partial charge >= 0.3 is 0 Å². The highest BCUT2D eigenvalue weighted by Gasteiger charge is 2.27. The summed E-state index contributed by atoms with van der Waals surface area (Å²) in [6.45, 7) is 10.6. The molecule has 0 bridgehead atoms. The van der Waals surface area contributed by atoms with Crippen molar-refractivity contribution < 1.29 is 14.5 Å². The van der Waals surface area contributed by atoms with Crippen LogP contribution in [0.1, 0.15) is 33.3 Å². The Balaban J connectivity index is 1.53. The highest BCUT2D eigenvalue weighted by Crippen LogP contribution is 2.25. The van der Waals surface area contributed by atoms with Crippen LogP contribution in [0.2, 0.25) is 0 Å². The van der Waals surface area contributed by atoms with E-state index in [1.165, 1.54) is 17.8 Å². The summed E-state index contributed by atoms with van der Waals surface area (Å²) in [6, 6.07) is 11.0. The van der Waals surface area contributed by atoms with Crippen LogP contribution in [-0.2, 0) is 10.2 Å². The lowest BCUT2D eigenvalue weighted by atomic mass is 9.87. The van der Waals surface area contributed by atoms with Gasteiger partial charge in [0.2, 0.25) is 0 Å². The third kappa shape index (κ3) is 5.06. The summed E-state index contributed by atoms with van der Waals surface area (Å²) in [7, 11) is 0. The average Bonchev–Trinajstić information content (AvgIpc) is 2.73. The van der Waals surface area contributed by atoms with E-state index >= 15 is 0 Å². The molecule has 1 aliphatic heterocycles. The summed E-state index contributed by atoms with van der Waals surface area (Å²) >= 11 is 0. The van der Waals surface area contributed by atoms with E-state index in [-0.39, 0.29) is 17.0 Å². The van der Waals surface area contributed by atoms with Gasteiger partial charge in [-0.3, -0.25) is 14.9 Å². The molecule has 3 rings (SSSR count). The maximum absolute atomic E-state index is 12.8. The van der Waals surface area contributed by atoms with Crippen molar-refractivity contribution in [3.8, 4) is 5.75 Å². The second-order valence-corrected chi connectivity index (χ2v) is 8.48. The number of carbonyl (C=O) groups excluding carboxylic acids is 1. The fourth-order valence-electron chi connectivity index (χ4n) is 3.37. The van der Waals surface area contributed by atoms with E-state index in [1.807, 2.05) is 29.2 Å². The number of anilines is 1. The number of piperazine rings is 1. The van der Waals surface area contributed by atoms with Gasteiger partial charge in [-0.2, -0.15) is 0 Å². The molecular weight excluding hydrogens is 384 g/mol. The van der Waals surface area contributed by atoms with E-state index in [0.717, 1.165) is 0 Å². The Morgan fingerprint density at radius 3 is 2.23 bits per heavy atom. The number of amides is 1. The molecule has 1 unspecified atom stereocenters. The van der Waals surface area contributed by atoms with E-state index in [1.54, 1.807) is 17.9 Å². The number of nitro groups is 1. The number of hydrogen-bond acceptors (Lipinski definition) is 6. The molecule has 0 spiro atoms. The monoisotopic (exact) mass is 412 g/mol. The molecule has 1 fully saturated rings. The minimum absolute atomic E-state index is 0.0333. The van der Waals surface area contributed by atoms with Gasteiger partial charge < -0.3 is 14.5 Å². The normalized spacial score (nSPS) is 15.6. The van der Waals surface area contributed by atoms with Gasteiger partial charge in [0, 0.05) is 32.2 Å². The van der Waals surface area contributed by atoms with Gasteiger partial charge in [0.05, 0.1) is 4.92 Å². The van der Waals surface area contributed by atoms with Crippen LogP contribution >= 0.6 is 0 Å². The van der Waals surface area contributed by atoms with Gasteiger partial charge in [0.25, 0.3) is 11.6 Å². The van der Waals surface area contributed by atoms with Gasteiger partial charge in [0.15, 0.2) is 6.10 Å². The van der Waals surface area contributed by atoms with E-state index in [2.05, 4.69) is 25.8 Å². The van der Waals surface area contributed by atoms with E-state index in [0.29, 0.717) is 37.7 Å². The summed E-state index contributed by atoms with van der Waals surface area (Å²) < 4.78 is 5.86. The van der Waals surface area contributed by atoms with E-state index in [4.69, 9.17) is 4.74 Å². The summed E-state index contributed by atoms with van der Waals surface area (Å²) in [5, 5.41) is 10.8. The Morgan fingerprint density at radius 1 is 1.10 bits per heavy atom. The minimum Gasteiger partial charge on any atom is -0.481 e. The Bertz CT molecular complexity index is 883. The van der Waals surface area contributed by atoms with Gasteiger partial charge in [-0.15, -0.1) is 0 Å². The fourth-order valence-corrected chi connectivity index (χ4v) is 3.37. The lowest BCUT2D eigenvalue weighted by Crippen LogP contribution is -2.52. The molecule has 0 aliphatic carbocycles. The number of ether oxygens (including phenoxy) is 1. The number of carbonyl (C=O) groups is 1.